The molecule has 2 N–H and O–H groups in total. The van der Waals surface area contributed by atoms with E-state index in [0.29, 0.717) is 13.0 Å². The molecule has 0 saturated carbocycles. The summed E-state index contributed by atoms with van der Waals surface area (Å²) in [6.45, 7) is 4.25. The fourth-order valence-corrected chi connectivity index (χ4v) is 0.602. The van der Waals surface area contributed by atoms with E-state index >= 15 is 0 Å². The van der Waals surface area contributed by atoms with Crippen LogP contribution >= 0.6 is 0 Å². The Morgan fingerprint density at radius 2 is 2.22 bits per heavy atom. The van der Waals surface area contributed by atoms with E-state index < -0.39 is 6.10 Å². The normalized spacial score (nSPS) is 13.1. The van der Waals surface area contributed by atoms with E-state index in [1.165, 1.54) is 0 Å². The Hall–Kier alpha value is -0.570. The van der Waals surface area contributed by atoms with Crippen LogP contribution in [-0.2, 0) is 9.53 Å². The highest BCUT2D eigenvalue weighted by Crippen LogP contribution is 1.94. The van der Waals surface area contributed by atoms with Crippen LogP contribution in [0, 0.1) is 0 Å². The predicted octanol–water partition coefficient (Wildman–Crippen LogP) is 0.287. The van der Waals surface area contributed by atoms with Crippen LogP contribution in [-0.4, -0.2) is 18.6 Å². The number of nitrogens with two attached hydrogens (primary N) is 1. The number of rotatable bonds is 4. The molecule has 0 fully saturated rings. The third kappa shape index (κ3) is 3.08. The van der Waals surface area contributed by atoms with Gasteiger partial charge in [0, 0.05) is 6.61 Å². The quantitative estimate of drug-likeness (QED) is 0.596. The molecule has 3 nitrogen and oxygen atoms in total. The zero-order valence-corrected chi connectivity index (χ0v) is 5.89. The van der Waals surface area contributed by atoms with E-state index in [1.54, 1.807) is 0 Å². The van der Waals surface area contributed by atoms with Gasteiger partial charge in [-0.05, 0) is 13.3 Å². The molecule has 0 aromatic rings. The number of carbonyl (C=O) groups excluding carboxylic acids is 1. The number of primary amides is 1. The van der Waals surface area contributed by atoms with E-state index in [9.17, 15) is 4.79 Å². The Morgan fingerprint density at radius 1 is 1.67 bits per heavy atom. The molecule has 0 heterocycles. The van der Waals surface area contributed by atoms with Crippen LogP contribution in [0.25, 0.3) is 0 Å². The minimum atomic E-state index is -0.394. The van der Waals surface area contributed by atoms with E-state index in [2.05, 4.69) is 0 Å². The standard InChI is InChI=1S/C6H13NO2/c1-3-5(6(7)8)9-4-2/h5H,3-4H2,1-2H3,(H2,7,8)/t5-/m0/s1. The van der Waals surface area contributed by atoms with Gasteiger partial charge in [-0.15, -0.1) is 0 Å². The van der Waals surface area contributed by atoms with Crippen molar-refractivity contribution in [2.45, 2.75) is 26.4 Å². The first-order valence-electron chi connectivity index (χ1n) is 3.13. The summed E-state index contributed by atoms with van der Waals surface area (Å²) in [5.41, 5.74) is 4.97. The van der Waals surface area contributed by atoms with Gasteiger partial charge in [0.2, 0.25) is 5.91 Å². The molecule has 0 aliphatic rings. The first-order chi connectivity index (χ1) is 4.22. The lowest BCUT2D eigenvalue weighted by Crippen LogP contribution is -2.30. The Kier molecular flexibility index (Phi) is 4.05. The molecule has 0 spiro atoms. The van der Waals surface area contributed by atoms with Crippen molar-refractivity contribution in [1.82, 2.24) is 0 Å². The van der Waals surface area contributed by atoms with Gasteiger partial charge >= 0.3 is 0 Å². The van der Waals surface area contributed by atoms with Crippen LogP contribution in [0.1, 0.15) is 20.3 Å². The minimum absolute atomic E-state index is 0.376. The van der Waals surface area contributed by atoms with Crippen LogP contribution in [0.15, 0.2) is 0 Å². The van der Waals surface area contributed by atoms with Crippen LogP contribution in [0.4, 0.5) is 0 Å². The summed E-state index contributed by atoms with van der Waals surface area (Å²) in [6.07, 6.45) is 0.262. The van der Waals surface area contributed by atoms with Crippen molar-refractivity contribution in [3.8, 4) is 0 Å². The number of hydrogen-bond donors (Lipinski definition) is 1. The van der Waals surface area contributed by atoms with Gasteiger partial charge < -0.3 is 10.5 Å². The van der Waals surface area contributed by atoms with Crippen LogP contribution in [0.2, 0.25) is 0 Å². The molecule has 1 atom stereocenters. The first-order valence-corrected chi connectivity index (χ1v) is 3.13. The van der Waals surface area contributed by atoms with Crippen LogP contribution in [0.3, 0.4) is 0 Å². The predicted molar refractivity (Wildman–Crippen MR) is 34.9 cm³/mol. The van der Waals surface area contributed by atoms with Crippen LogP contribution in [0.5, 0.6) is 0 Å². The summed E-state index contributed by atoms with van der Waals surface area (Å²) >= 11 is 0. The van der Waals surface area contributed by atoms with Crippen molar-refractivity contribution in [3.63, 3.8) is 0 Å². The van der Waals surface area contributed by atoms with Crippen molar-refractivity contribution in [2.75, 3.05) is 6.61 Å². The maximum atomic E-state index is 10.4. The lowest BCUT2D eigenvalue weighted by atomic mass is 10.3. The lowest BCUT2D eigenvalue weighted by molar-refractivity contribution is -0.129. The molecule has 0 aromatic heterocycles. The van der Waals surface area contributed by atoms with Gasteiger partial charge in [0.05, 0.1) is 0 Å². The Balaban J connectivity index is 3.54. The fraction of sp³-hybridized carbons (Fsp3) is 0.833. The summed E-state index contributed by atoms with van der Waals surface area (Å²) in [6, 6.07) is 0. The summed E-state index contributed by atoms with van der Waals surface area (Å²) in [4.78, 5) is 10.4. The largest absolute Gasteiger partial charge is 0.369 e. The smallest absolute Gasteiger partial charge is 0.246 e. The molecule has 3 heteroatoms. The fourth-order valence-electron chi connectivity index (χ4n) is 0.602. The zero-order valence-electron chi connectivity index (χ0n) is 5.89. The Bertz CT molecular complexity index is 93.1. The summed E-state index contributed by atoms with van der Waals surface area (Å²) < 4.78 is 4.98. The number of amides is 1. The molecule has 0 bridgehead atoms. The van der Waals surface area contributed by atoms with E-state index in [4.69, 9.17) is 10.5 Å². The molecule has 0 aromatic carbocycles. The second-order valence-corrected chi connectivity index (χ2v) is 1.75. The third-order valence-corrected chi connectivity index (χ3v) is 1.06. The second kappa shape index (κ2) is 4.32. The van der Waals surface area contributed by atoms with Crippen molar-refractivity contribution >= 4 is 5.91 Å². The highest BCUT2D eigenvalue weighted by atomic mass is 16.5. The van der Waals surface area contributed by atoms with E-state index in [1.807, 2.05) is 13.8 Å². The van der Waals surface area contributed by atoms with E-state index in [-0.39, 0.29) is 5.91 Å². The average Bonchev–Trinajstić information content (AvgIpc) is 1.82. The van der Waals surface area contributed by atoms with Crippen molar-refractivity contribution in [3.05, 3.63) is 0 Å². The monoisotopic (exact) mass is 131 g/mol. The molecule has 9 heavy (non-hydrogen) atoms. The number of carbonyl (C=O) groups is 1. The first kappa shape index (κ1) is 8.43. The SMILES string of the molecule is CCO[C@@H](CC)C(N)=O. The third-order valence-electron chi connectivity index (χ3n) is 1.06. The maximum absolute atomic E-state index is 10.4. The molecule has 0 rings (SSSR count). The van der Waals surface area contributed by atoms with Gasteiger partial charge in [-0.1, -0.05) is 6.92 Å². The lowest BCUT2D eigenvalue weighted by Gasteiger charge is -2.08. The van der Waals surface area contributed by atoms with Gasteiger partial charge in [-0.25, -0.2) is 0 Å². The molecule has 0 unspecified atom stereocenters. The van der Waals surface area contributed by atoms with Crippen molar-refractivity contribution in [2.24, 2.45) is 5.73 Å². The summed E-state index contributed by atoms with van der Waals surface area (Å²) in [5.74, 6) is -0.376. The minimum Gasteiger partial charge on any atom is -0.369 e. The number of hydrogen-bond acceptors (Lipinski definition) is 2. The second-order valence-electron chi connectivity index (χ2n) is 1.75. The highest BCUT2D eigenvalue weighted by Gasteiger charge is 2.10. The topological polar surface area (TPSA) is 52.3 Å². The average molecular weight is 131 g/mol. The van der Waals surface area contributed by atoms with Gasteiger partial charge in [0.15, 0.2) is 0 Å². The molecular formula is C6H13NO2. The van der Waals surface area contributed by atoms with E-state index in [0.717, 1.165) is 0 Å². The summed E-state index contributed by atoms with van der Waals surface area (Å²) in [5, 5.41) is 0. The van der Waals surface area contributed by atoms with Gasteiger partial charge in [0.25, 0.3) is 0 Å². The van der Waals surface area contributed by atoms with Gasteiger partial charge in [-0.2, -0.15) is 0 Å². The number of ether oxygens (including phenoxy) is 1. The van der Waals surface area contributed by atoms with Gasteiger partial charge in [-0.3, -0.25) is 4.79 Å². The summed E-state index contributed by atoms with van der Waals surface area (Å²) in [7, 11) is 0. The molecule has 0 radical (unpaired) electrons. The molecular weight excluding hydrogens is 118 g/mol. The Morgan fingerprint density at radius 3 is 2.33 bits per heavy atom. The van der Waals surface area contributed by atoms with Crippen molar-refractivity contribution < 1.29 is 9.53 Å². The van der Waals surface area contributed by atoms with Crippen molar-refractivity contribution in [1.29, 1.82) is 0 Å². The molecule has 0 aliphatic carbocycles. The molecule has 1 amide bonds. The molecule has 0 saturated heterocycles. The zero-order chi connectivity index (χ0) is 7.28. The van der Waals surface area contributed by atoms with Gasteiger partial charge in [0.1, 0.15) is 6.10 Å². The molecule has 0 aliphatic heterocycles. The maximum Gasteiger partial charge on any atom is 0.246 e. The Labute approximate surface area is 55.2 Å². The van der Waals surface area contributed by atoms with Crippen LogP contribution < -0.4 is 5.73 Å². The molecule has 54 valence electrons. The highest BCUT2D eigenvalue weighted by molar-refractivity contribution is 5.78.